The zero-order valence-electron chi connectivity index (χ0n) is 10.0. The molecule has 14 heavy (non-hydrogen) atoms. The Morgan fingerprint density at radius 3 is 2.43 bits per heavy atom. The van der Waals surface area contributed by atoms with E-state index in [4.69, 9.17) is 4.74 Å². The van der Waals surface area contributed by atoms with Crippen LogP contribution >= 0.6 is 0 Å². The summed E-state index contributed by atoms with van der Waals surface area (Å²) in [4.78, 5) is 11.3. The molecule has 0 aromatic rings. The second kappa shape index (κ2) is 6.02. The number of rotatable bonds is 6. The van der Waals surface area contributed by atoms with Crippen molar-refractivity contribution in [3.8, 4) is 0 Å². The molecular weight excluding hydrogens is 178 g/mol. The fourth-order valence-electron chi connectivity index (χ4n) is 0.997. The van der Waals surface area contributed by atoms with Gasteiger partial charge in [0.2, 0.25) is 5.91 Å². The number of amides is 1. The van der Waals surface area contributed by atoms with Crippen LogP contribution in [0.3, 0.4) is 0 Å². The Kier molecular flexibility index (Phi) is 5.77. The summed E-state index contributed by atoms with van der Waals surface area (Å²) in [5.41, 5.74) is 0.112. The summed E-state index contributed by atoms with van der Waals surface area (Å²) < 4.78 is 5.02. The molecular formula is C11H23NO2. The molecule has 0 aliphatic heterocycles. The molecule has 0 unspecified atom stereocenters. The van der Waals surface area contributed by atoms with Gasteiger partial charge in [0.1, 0.15) is 0 Å². The SMILES string of the molecule is COCCC(C)(C)CNC(=O)C(C)C. The molecule has 0 bridgehead atoms. The lowest BCUT2D eigenvalue weighted by molar-refractivity contribution is -0.124. The molecule has 84 valence electrons. The van der Waals surface area contributed by atoms with Crippen LogP contribution in [-0.4, -0.2) is 26.2 Å². The van der Waals surface area contributed by atoms with Gasteiger partial charge in [-0.15, -0.1) is 0 Å². The Labute approximate surface area is 87.2 Å². The third kappa shape index (κ3) is 5.97. The summed E-state index contributed by atoms with van der Waals surface area (Å²) in [6.07, 6.45) is 0.960. The molecule has 0 saturated carbocycles. The maximum atomic E-state index is 11.3. The van der Waals surface area contributed by atoms with Gasteiger partial charge in [-0.05, 0) is 11.8 Å². The van der Waals surface area contributed by atoms with E-state index in [1.165, 1.54) is 0 Å². The van der Waals surface area contributed by atoms with Crippen LogP contribution in [0, 0.1) is 11.3 Å². The van der Waals surface area contributed by atoms with E-state index in [9.17, 15) is 4.79 Å². The van der Waals surface area contributed by atoms with Crippen LogP contribution in [0.2, 0.25) is 0 Å². The predicted molar refractivity (Wildman–Crippen MR) is 58.1 cm³/mol. The van der Waals surface area contributed by atoms with E-state index in [1.54, 1.807) is 7.11 Å². The minimum absolute atomic E-state index is 0.0632. The highest BCUT2D eigenvalue weighted by atomic mass is 16.5. The smallest absolute Gasteiger partial charge is 0.222 e. The summed E-state index contributed by atoms with van der Waals surface area (Å²) in [5.74, 6) is 0.184. The van der Waals surface area contributed by atoms with Gasteiger partial charge in [-0.1, -0.05) is 27.7 Å². The molecule has 0 radical (unpaired) electrons. The van der Waals surface area contributed by atoms with Crippen LogP contribution in [0.15, 0.2) is 0 Å². The largest absolute Gasteiger partial charge is 0.385 e. The van der Waals surface area contributed by atoms with Crippen molar-refractivity contribution in [3.05, 3.63) is 0 Å². The average Bonchev–Trinajstić information content (AvgIpc) is 2.11. The molecule has 0 atom stereocenters. The fraction of sp³-hybridized carbons (Fsp3) is 0.909. The minimum Gasteiger partial charge on any atom is -0.385 e. The number of hydrogen-bond acceptors (Lipinski definition) is 2. The first-order chi connectivity index (χ1) is 6.39. The van der Waals surface area contributed by atoms with Crippen LogP contribution in [0.1, 0.15) is 34.1 Å². The molecule has 0 aliphatic carbocycles. The Morgan fingerprint density at radius 1 is 1.43 bits per heavy atom. The number of hydrogen-bond donors (Lipinski definition) is 1. The molecule has 0 aliphatic rings. The van der Waals surface area contributed by atoms with E-state index in [0.717, 1.165) is 13.0 Å². The van der Waals surface area contributed by atoms with E-state index < -0.39 is 0 Å². The molecule has 0 aromatic heterocycles. The summed E-state index contributed by atoms with van der Waals surface area (Å²) >= 11 is 0. The average molecular weight is 201 g/mol. The van der Waals surface area contributed by atoms with E-state index in [1.807, 2.05) is 13.8 Å². The summed E-state index contributed by atoms with van der Waals surface area (Å²) in [5, 5.41) is 2.94. The number of carbonyl (C=O) groups is 1. The van der Waals surface area contributed by atoms with E-state index in [-0.39, 0.29) is 17.2 Å². The van der Waals surface area contributed by atoms with Crippen LogP contribution < -0.4 is 5.32 Å². The van der Waals surface area contributed by atoms with Gasteiger partial charge < -0.3 is 10.1 Å². The number of nitrogens with one attached hydrogen (secondary N) is 1. The first-order valence-corrected chi connectivity index (χ1v) is 5.16. The molecule has 3 nitrogen and oxygen atoms in total. The zero-order valence-corrected chi connectivity index (χ0v) is 10.0. The van der Waals surface area contributed by atoms with E-state index >= 15 is 0 Å². The van der Waals surface area contributed by atoms with Crippen LogP contribution in [0.4, 0.5) is 0 Å². The topological polar surface area (TPSA) is 38.3 Å². The normalized spacial score (nSPS) is 11.9. The Hall–Kier alpha value is -0.570. The molecule has 3 heteroatoms. The predicted octanol–water partition coefficient (Wildman–Crippen LogP) is 1.82. The highest BCUT2D eigenvalue weighted by Crippen LogP contribution is 2.18. The van der Waals surface area contributed by atoms with Gasteiger partial charge in [0.05, 0.1) is 0 Å². The summed E-state index contributed by atoms with van der Waals surface area (Å²) in [6, 6.07) is 0. The molecule has 0 spiro atoms. The van der Waals surface area contributed by atoms with Gasteiger partial charge in [-0.2, -0.15) is 0 Å². The highest BCUT2D eigenvalue weighted by Gasteiger charge is 2.19. The van der Waals surface area contributed by atoms with Gasteiger partial charge in [0, 0.05) is 26.2 Å². The van der Waals surface area contributed by atoms with Crippen molar-refractivity contribution in [2.24, 2.45) is 11.3 Å². The van der Waals surface area contributed by atoms with Gasteiger partial charge in [0.15, 0.2) is 0 Å². The van der Waals surface area contributed by atoms with Crippen molar-refractivity contribution in [3.63, 3.8) is 0 Å². The van der Waals surface area contributed by atoms with Crippen LogP contribution in [-0.2, 0) is 9.53 Å². The van der Waals surface area contributed by atoms with E-state index in [0.29, 0.717) is 6.54 Å². The molecule has 0 heterocycles. The van der Waals surface area contributed by atoms with Crippen molar-refractivity contribution in [2.75, 3.05) is 20.3 Å². The van der Waals surface area contributed by atoms with Gasteiger partial charge in [-0.3, -0.25) is 4.79 Å². The molecule has 1 N–H and O–H groups in total. The van der Waals surface area contributed by atoms with E-state index in [2.05, 4.69) is 19.2 Å². The third-order valence-electron chi connectivity index (χ3n) is 2.25. The Bertz CT molecular complexity index is 176. The van der Waals surface area contributed by atoms with Crippen molar-refractivity contribution >= 4 is 5.91 Å². The monoisotopic (exact) mass is 201 g/mol. The third-order valence-corrected chi connectivity index (χ3v) is 2.25. The lowest BCUT2D eigenvalue weighted by atomic mass is 9.89. The zero-order chi connectivity index (χ0) is 11.2. The molecule has 0 rings (SSSR count). The lowest BCUT2D eigenvalue weighted by Crippen LogP contribution is -2.36. The van der Waals surface area contributed by atoms with Crippen LogP contribution in [0.25, 0.3) is 0 Å². The van der Waals surface area contributed by atoms with Crippen molar-refractivity contribution < 1.29 is 9.53 Å². The highest BCUT2D eigenvalue weighted by molar-refractivity contribution is 5.77. The number of ether oxygens (including phenoxy) is 1. The molecule has 0 fully saturated rings. The molecule has 0 saturated heterocycles. The fourth-order valence-corrected chi connectivity index (χ4v) is 0.997. The van der Waals surface area contributed by atoms with Crippen molar-refractivity contribution in [1.29, 1.82) is 0 Å². The summed E-state index contributed by atoms with van der Waals surface area (Å²) in [7, 11) is 1.70. The standard InChI is InChI=1S/C11H23NO2/c1-9(2)10(13)12-8-11(3,4)6-7-14-5/h9H,6-8H2,1-5H3,(H,12,13). The maximum Gasteiger partial charge on any atom is 0.222 e. The number of methoxy groups -OCH3 is 1. The Morgan fingerprint density at radius 2 is 2.00 bits per heavy atom. The van der Waals surface area contributed by atoms with Gasteiger partial charge >= 0.3 is 0 Å². The quantitative estimate of drug-likeness (QED) is 0.712. The van der Waals surface area contributed by atoms with Crippen LogP contribution in [0.5, 0.6) is 0 Å². The van der Waals surface area contributed by atoms with Crippen molar-refractivity contribution in [2.45, 2.75) is 34.1 Å². The Balaban J connectivity index is 3.80. The molecule has 1 amide bonds. The second-order valence-electron chi connectivity index (χ2n) is 4.78. The minimum atomic E-state index is 0.0632. The van der Waals surface area contributed by atoms with Gasteiger partial charge in [-0.25, -0.2) is 0 Å². The first kappa shape index (κ1) is 13.4. The maximum absolute atomic E-state index is 11.3. The lowest BCUT2D eigenvalue weighted by Gasteiger charge is -2.25. The molecule has 0 aromatic carbocycles. The second-order valence-corrected chi connectivity index (χ2v) is 4.78. The first-order valence-electron chi connectivity index (χ1n) is 5.16. The summed E-state index contributed by atoms with van der Waals surface area (Å²) in [6.45, 7) is 9.52. The van der Waals surface area contributed by atoms with Gasteiger partial charge in [0.25, 0.3) is 0 Å². The number of carbonyl (C=O) groups excluding carboxylic acids is 1. The van der Waals surface area contributed by atoms with Crippen molar-refractivity contribution in [1.82, 2.24) is 5.32 Å².